The van der Waals surface area contributed by atoms with Crippen LogP contribution in [0.4, 0.5) is 0 Å². The number of rotatable bonds is 2. The number of hydrogen-bond donors (Lipinski definition) is 0. The number of aryl methyl sites for hydroxylation is 1. The molecule has 0 bridgehead atoms. The molecule has 0 fully saturated rings. The number of benzene rings is 2. The van der Waals surface area contributed by atoms with Gasteiger partial charge in [0.25, 0.3) is 0 Å². The van der Waals surface area contributed by atoms with E-state index in [1.807, 2.05) is 43.0 Å². The van der Waals surface area contributed by atoms with Gasteiger partial charge in [0.1, 0.15) is 6.11 Å². The molecule has 1 aliphatic rings. The predicted molar refractivity (Wildman–Crippen MR) is 103 cm³/mol. The molecular formula is C22H22O2S. The maximum Gasteiger partial charge on any atom is 0.352 e. The third kappa shape index (κ3) is 3.91. The first kappa shape index (κ1) is 17.6. The monoisotopic (exact) mass is 350 g/mol. The topological polar surface area (TPSA) is 26.3 Å². The van der Waals surface area contributed by atoms with E-state index in [1.54, 1.807) is 6.07 Å². The first-order valence-electron chi connectivity index (χ1n) is 8.58. The van der Waals surface area contributed by atoms with Crippen LogP contribution in [0.3, 0.4) is 0 Å². The third-order valence-electron chi connectivity index (χ3n) is 4.65. The number of thioether (sulfide) groups is 1. The molecule has 0 radical (unpaired) electrons. The zero-order valence-corrected chi connectivity index (χ0v) is 15.7. The molecule has 2 nitrogen and oxygen atoms in total. The number of hydrogen-bond acceptors (Lipinski definition) is 3. The second kappa shape index (κ2) is 7.37. The summed E-state index contributed by atoms with van der Waals surface area (Å²) in [5, 5.41) is 0. The van der Waals surface area contributed by atoms with E-state index in [2.05, 4.69) is 38.0 Å². The molecular weight excluding hydrogens is 328 g/mol. The second-order valence-corrected chi connectivity index (χ2v) is 7.96. The van der Waals surface area contributed by atoms with E-state index in [0.717, 1.165) is 29.7 Å². The minimum Gasteiger partial charge on any atom is -0.368 e. The number of carbonyl (C=O) groups excluding carboxylic acids is 1. The van der Waals surface area contributed by atoms with Crippen molar-refractivity contribution in [3.8, 4) is 12.0 Å². The molecule has 0 aromatic heterocycles. The van der Waals surface area contributed by atoms with Gasteiger partial charge in [-0.3, -0.25) is 0 Å². The third-order valence-corrected chi connectivity index (χ3v) is 5.73. The van der Waals surface area contributed by atoms with E-state index in [0.29, 0.717) is 5.56 Å². The molecule has 0 saturated heterocycles. The minimum absolute atomic E-state index is 0.162. The Bertz CT molecular complexity index is 856. The first-order chi connectivity index (χ1) is 12.0. The summed E-state index contributed by atoms with van der Waals surface area (Å²) < 4.78 is 5.17. The van der Waals surface area contributed by atoms with Gasteiger partial charge in [0, 0.05) is 10.5 Å². The van der Waals surface area contributed by atoms with E-state index in [4.69, 9.17) is 4.74 Å². The lowest BCUT2D eigenvalue weighted by Gasteiger charge is -2.32. The maximum atomic E-state index is 12.2. The van der Waals surface area contributed by atoms with Gasteiger partial charge in [0.15, 0.2) is 0 Å². The lowest BCUT2D eigenvalue weighted by atomic mass is 9.81. The molecule has 0 unspecified atom stereocenters. The van der Waals surface area contributed by atoms with Crippen LogP contribution < -0.4 is 0 Å². The van der Waals surface area contributed by atoms with Crippen LogP contribution in [0.15, 0.2) is 47.4 Å². The van der Waals surface area contributed by atoms with E-state index >= 15 is 0 Å². The molecule has 0 aliphatic carbocycles. The number of ether oxygens (including phenoxy) is 1. The van der Waals surface area contributed by atoms with Gasteiger partial charge in [-0.05, 0) is 65.3 Å². The summed E-state index contributed by atoms with van der Waals surface area (Å²) in [5.41, 5.74) is 3.93. The Morgan fingerprint density at radius 2 is 2.04 bits per heavy atom. The molecule has 0 atom stereocenters. The lowest BCUT2D eigenvalue weighted by molar-refractivity contribution is 0.0689. The van der Waals surface area contributed by atoms with Crippen molar-refractivity contribution in [1.29, 1.82) is 0 Å². The zero-order valence-electron chi connectivity index (χ0n) is 14.9. The highest BCUT2D eigenvalue weighted by atomic mass is 32.2. The Hall–Kier alpha value is -2.18. The van der Waals surface area contributed by atoms with E-state index < -0.39 is 5.97 Å². The molecule has 3 heteroatoms. The van der Waals surface area contributed by atoms with Gasteiger partial charge in [-0.2, -0.15) is 0 Å². The van der Waals surface area contributed by atoms with Crippen LogP contribution in [0.25, 0.3) is 0 Å². The van der Waals surface area contributed by atoms with Gasteiger partial charge >= 0.3 is 5.97 Å². The molecule has 0 saturated carbocycles. The second-order valence-electron chi connectivity index (χ2n) is 6.82. The number of carbonyl (C=O) groups is 1. The Labute approximate surface area is 154 Å². The van der Waals surface area contributed by atoms with Crippen LogP contribution >= 0.6 is 11.8 Å². The van der Waals surface area contributed by atoms with Crippen LogP contribution in [0.2, 0.25) is 0 Å². The van der Waals surface area contributed by atoms with Crippen molar-refractivity contribution in [2.24, 2.45) is 0 Å². The SMILES string of the molecule is CCc1ccccc1C(=O)OC#Cc1ccc2c(c1)C(C)(C)CCS2. The van der Waals surface area contributed by atoms with E-state index in [9.17, 15) is 4.79 Å². The average Bonchev–Trinajstić information content (AvgIpc) is 2.62. The van der Waals surface area contributed by atoms with Crippen LogP contribution in [0.1, 0.15) is 54.2 Å². The average molecular weight is 350 g/mol. The summed E-state index contributed by atoms with van der Waals surface area (Å²) in [4.78, 5) is 13.6. The highest BCUT2D eigenvalue weighted by Gasteiger charge is 2.27. The molecule has 0 amide bonds. The normalized spacial score (nSPS) is 14.8. The summed E-state index contributed by atoms with van der Waals surface area (Å²) in [5.74, 6) is 3.73. The Morgan fingerprint density at radius 3 is 2.84 bits per heavy atom. The van der Waals surface area contributed by atoms with Gasteiger partial charge in [-0.15, -0.1) is 11.8 Å². The van der Waals surface area contributed by atoms with Crippen molar-refractivity contribution in [3.63, 3.8) is 0 Å². The van der Waals surface area contributed by atoms with Crippen LogP contribution in [0, 0.1) is 12.0 Å². The van der Waals surface area contributed by atoms with Crippen LogP contribution in [-0.2, 0) is 16.6 Å². The molecule has 2 aromatic rings. The molecule has 0 N–H and O–H groups in total. The maximum absolute atomic E-state index is 12.2. The van der Waals surface area contributed by atoms with Crippen molar-refractivity contribution < 1.29 is 9.53 Å². The largest absolute Gasteiger partial charge is 0.368 e. The standard InChI is InChI=1S/C22H22O2S/c1-4-17-7-5-6-8-18(17)21(23)24-13-11-16-9-10-20-19(15-16)22(2,3)12-14-25-20/h5-10,15H,4,12,14H2,1-3H3. The molecule has 25 heavy (non-hydrogen) atoms. The molecule has 1 aliphatic heterocycles. The van der Waals surface area contributed by atoms with Crippen molar-refractivity contribution >= 4 is 17.7 Å². The van der Waals surface area contributed by atoms with Gasteiger partial charge < -0.3 is 4.74 Å². The van der Waals surface area contributed by atoms with Gasteiger partial charge in [-0.1, -0.05) is 39.0 Å². The molecule has 128 valence electrons. The summed E-state index contributed by atoms with van der Waals surface area (Å²) in [6.07, 6.45) is 4.52. The Balaban J connectivity index is 1.77. The summed E-state index contributed by atoms with van der Waals surface area (Å²) in [6, 6.07) is 13.7. The highest BCUT2D eigenvalue weighted by Crippen LogP contribution is 2.41. The molecule has 1 heterocycles. The Kier molecular flexibility index (Phi) is 5.20. The number of fused-ring (bicyclic) bond motifs is 1. The van der Waals surface area contributed by atoms with Gasteiger partial charge in [-0.25, -0.2) is 4.79 Å². The predicted octanol–water partition coefficient (Wildman–Crippen LogP) is 5.19. The van der Waals surface area contributed by atoms with E-state index in [-0.39, 0.29) is 5.41 Å². The Morgan fingerprint density at radius 1 is 1.24 bits per heavy atom. The van der Waals surface area contributed by atoms with Crippen molar-refractivity contribution in [1.82, 2.24) is 0 Å². The lowest BCUT2D eigenvalue weighted by Crippen LogP contribution is -2.22. The highest BCUT2D eigenvalue weighted by molar-refractivity contribution is 7.99. The van der Waals surface area contributed by atoms with E-state index in [1.165, 1.54) is 10.5 Å². The molecule has 3 rings (SSSR count). The smallest absolute Gasteiger partial charge is 0.352 e. The summed E-state index contributed by atoms with van der Waals surface area (Å²) >= 11 is 1.90. The van der Waals surface area contributed by atoms with Crippen LogP contribution in [-0.4, -0.2) is 11.7 Å². The molecule has 0 spiro atoms. The first-order valence-corrected chi connectivity index (χ1v) is 9.57. The summed E-state index contributed by atoms with van der Waals surface area (Å²) in [7, 11) is 0. The van der Waals surface area contributed by atoms with Crippen molar-refractivity contribution in [3.05, 3.63) is 64.7 Å². The summed E-state index contributed by atoms with van der Waals surface area (Å²) in [6.45, 7) is 6.56. The fraction of sp³-hybridized carbons (Fsp3) is 0.318. The molecule has 2 aromatic carbocycles. The van der Waals surface area contributed by atoms with Crippen molar-refractivity contribution in [2.45, 2.75) is 43.9 Å². The zero-order chi connectivity index (χ0) is 17.9. The van der Waals surface area contributed by atoms with Crippen molar-refractivity contribution in [2.75, 3.05) is 5.75 Å². The minimum atomic E-state index is -0.390. The van der Waals surface area contributed by atoms with Gasteiger partial charge in [0.05, 0.1) is 5.56 Å². The number of esters is 1. The quantitative estimate of drug-likeness (QED) is 0.551. The fourth-order valence-electron chi connectivity index (χ4n) is 3.03. The van der Waals surface area contributed by atoms with Crippen LogP contribution in [0.5, 0.6) is 0 Å². The fourth-order valence-corrected chi connectivity index (χ4v) is 4.51. The van der Waals surface area contributed by atoms with Gasteiger partial charge in [0.2, 0.25) is 0 Å².